The molecule has 0 spiro atoms. The Morgan fingerprint density at radius 2 is 1.96 bits per heavy atom. The summed E-state index contributed by atoms with van der Waals surface area (Å²) in [6, 6.07) is 19.4. The standard InChI is InChI=1S/C21H16N4O2S/c1-14(26-16-6-3-2-4-7-16)18-13-25(24-23-18)15-9-10-19-17(12-15)22-21(27-19)20-8-5-11-28-20/h2-14H,1H3. The minimum absolute atomic E-state index is 0.211. The molecule has 28 heavy (non-hydrogen) atoms. The average Bonchev–Trinajstić information content (AvgIpc) is 3.48. The van der Waals surface area contributed by atoms with Gasteiger partial charge in [0.15, 0.2) is 5.58 Å². The predicted octanol–water partition coefficient (Wildman–Crippen LogP) is 5.28. The second kappa shape index (κ2) is 6.94. The average molecular weight is 388 g/mol. The van der Waals surface area contributed by atoms with Crippen LogP contribution in [0.2, 0.25) is 0 Å². The van der Waals surface area contributed by atoms with E-state index < -0.39 is 0 Å². The molecule has 2 aromatic carbocycles. The molecule has 5 aromatic rings. The molecule has 0 aliphatic carbocycles. The molecule has 0 amide bonds. The molecule has 1 atom stereocenters. The number of thiophene rings is 1. The number of nitrogens with zero attached hydrogens (tertiary/aromatic N) is 4. The molecule has 0 radical (unpaired) electrons. The van der Waals surface area contributed by atoms with Crippen LogP contribution in [0.1, 0.15) is 18.7 Å². The van der Waals surface area contributed by atoms with Gasteiger partial charge in [-0.1, -0.05) is 29.5 Å². The van der Waals surface area contributed by atoms with Crippen LogP contribution in [-0.4, -0.2) is 20.0 Å². The Balaban J connectivity index is 1.41. The fourth-order valence-corrected chi connectivity index (χ4v) is 3.57. The molecule has 0 saturated heterocycles. The first-order valence-electron chi connectivity index (χ1n) is 8.85. The largest absolute Gasteiger partial charge is 0.484 e. The van der Waals surface area contributed by atoms with E-state index in [2.05, 4.69) is 15.3 Å². The summed E-state index contributed by atoms with van der Waals surface area (Å²) >= 11 is 1.60. The van der Waals surface area contributed by atoms with Crippen molar-refractivity contribution in [1.29, 1.82) is 0 Å². The summed E-state index contributed by atoms with van der Waals surface area (Å²) in [5, 5.41) is 10.5. The maximum atomic E-state index is 5.92. The monoisotopic (exact) mass is 388 g/mol. The maximum absolute atomic E-state index is 5.92. The van der Waals surface area contributed by atoms with Crippen molar-refractivity contribution in [2.45, 2.75) is 13.0 Å². The molecule has 0 aliphatic rings. The third kappa shape index (κ3) is 3.16. The van der Waals surface area contributed by atoms with Crippen molar-refractivity contribution in [2.24, 2.45) is 0 Å². The van der Waals surface area contributed by atoms with E-state index >= 15 is 0 Å². The van der Waals surface area contributed by atoms with Crippen molar-refractivity contribution in [1.82, 2.24) is 20.0 Å². The second-order valence-electron chi connectivity index (χ2n) is 6.31. The van der Waals surface area contributed by atoms with Gasteiger partial charge in [-0.15, -0.1) is 16.4 Å². The zero-order chi connectivity index (χ0) is 18.9. The molecule has 0 fully saturated rings. The first-order chi connectivity index (χ1) is 13.8. The van der Waals surface area contributed by atoms with E-state index in [0.717, 1.165) is 33.1 Å². The number of aromatic nitrogens is 4. The molecule has 3 aromatic heterocycles. The van der Waals surface area contributed by atoms with Crippen LogP contribution in [0, 0.1) is 0 Å². The summed E-state index contributed by atoms with van der Waals surface area (Å²) in [5.74, 6) is 1.43. The van der Waals surface area contributed by atoms with Crippen LogP contribution in [0.5, 0.6) is 5.75 Å². The zero-order valence-corrected chi connectivity index (χ0v) is 15.8. The number of benzene rings is 2. The molecule has 1 unspecified atom stereocenters. The number of hydrogen-bond donors (Lipinski definition) is 0. The fourth-order valence-electron chi connectivity index (χ4n) is 2.92. The quantitative estimate of drug-likeness (QED) is 0.410. The highest BCUT2D eigenvalue weighted by molar-refractivity contribution is 7.13. The summed E-state index contributed by atoms with van der Waals surface area (Å²) in [6.07, 6.45) is 1.66. The van der Waals surface area contributed by atoms with Gasteiger partial charge < -0.3 is 9.15 Å². The molecule has 0 N–H and O–H groups in total. The predicted molar refractivity (Wildman–Crippen MR) is 108 cm³/mol. The van der Waals surface area contributed by atoms with Gasteiger partial charge >= 0.3 is 0 Å². The van der Waals surface area contributed by atoms with E-state index in [1.165, 1.54) is 0 Å². The topological polar surface area (TPSA) is 66.0 Å². The van der Waals surface area contributed by atoms with E-state index in [4.69, 9.17) is 9.15 Å². The minimum atomic E-state index is -0.211. The molecular weight excluding hydrogens is 372 g/mol. The number of para-hydroxylation sites is 1. The lowest BCUT2D eigenvalue weighted by Crippen LogP contribution is -2.03. The number of hydrogen-bond acceptors (Lipinski definition) is 6. The van der Waals surface area contributed by atoms with Gasteiger partial charge in [0.1, 0.15) is 23.1 Å². The van der Waals surface area contributed by atoms with E-state index in [1.807, 2.05) is 79.2 Å². The van der Waals surface area contributed by atoms with Gasteiger partial charge in [0, 0.05) is 0 Å². The Bertz CT molecular complexity index is 1210. The highest BCUT2D eigenvalue weighted by Crippen LogP contribution is 2.29. The van der Waals surface area contributed by atoms with Crippen LogP contribution in [0.15, 0.2) is 76.7 Å². The molecular formula is C21H16N4O2S. The van der Waals surface area contributed by atoms with E-state index in [-0.39, 0.29) is 6.10 Å². The molecule has 138 valence electrons. The van der Waals surface area contributed by atoms with Gasteiger partial charge in [0.05, 0.1) is 16.8 Å². The highest BCUT2D eigenvalue weighted by atomic mass is 32.1. The number of ether oxygens (including phenoxy) is 1. The van der Waals surface area contributed by atoms with E-state index in [0.29, 0.717) is 5.89 Å². The fraction of sp³-hybridized carbons (Fsp3) is 0.0952. The first-order valence-corrected chi connectivity index (χ1v) is 9.73. The highest BCUT2D eigenvalue weighted by Gasteiger charge is 2.14. The van der Waals surface area contributed by atoms with Gasteiger partial charge in [-0.05, 0) is 48.7 Å². The molecule has 0 saturated carbocycles. The third-order valence-corrected chi connectivity index (χ3v) is 5.21. The van der Waals surface area contributed by atoms with Crippen LogP contribution < -0.4 is 4.74 Å². The van der Waals surface area contributed by atoms with Crippen LogP contribution in [0.4, 0.5) is 0 Å². The summed E-state index contributed by atoms with van der Waals surface area (Å²) in [6.45, 7) is 1.95. The zero-order valence-electron chi connectivity index (χ0n) is 15.0. The van der Waals surface area contributed by atoms with Crippen LogP contribution >= 0.6 is 11.3 Å². The summed E-state index contributed by atoms with van der Waals surface area (Å²) in [7, 11) is 0. The van der Waals surface area contributed by atoms with Crippen molar-refractivity contribution in [2.75, 3.05) is 0 Å². The first kappa shape index (κ1) is 16.7. The molecule has 0 aliphatic heterocycles. The van der Waals surface area contributed by atoms with Crippen molar-refractivity contribution in [3.8, 4) is 22.2 Å². The molecule has 6 nitrogen and oxygen atoms in total. The van der Waals surface area contributed by atoms with Crippen LogP contribution in [-0.2, 0) is 0 Å². The lowest BCUT2D eigenvalue weighted by molar-refractivity contribution is 0.222. The summed E-state index contributed by atoms with van der Waals surface area (Å²) in [4.78, 5) is 5.60. The SMILES string of the molecule is CC(Oc1ccccc1)c1cn(-c2ccc3oc(-c4cccs4)nc3c2)nn1. The Kier molecular flexibility index (Phi) is 4.14. The lowest BCUT2D eigenvalue weighted by atomic mass is 10.2. The lowest BCUT2D eigenvalue weighted by Gasteiger charge is -2.11. The van der Waals surface area contributed by atoms with Crippen LogP contribution in [0.25, 0.3) is 27.6 Å². The normalized spacial score (nSPS) is 12.3. The van der Waals surface area contributed by atoms with Gasteiger partial charge in [-0.2, -0.15) is 0 Å². The molecule has 3 heterocycles. The number of fused-ring (bicyclic) bond motifs is 1. The van der Waals surface area contributed by atoms with Gasteiger partial charge in [-0.3, -0.25) is 0 Å². The Labute approximate surface area is 165 Å². The van der Waals surface area contributed by atoms with Crippen molar-refractivity contribution >= 4 is 22.4 Å². The smallest absolute Gasteiger partial charge is 0.237 e. The van der Waals surface area contributed by atoms with E-state index in [1.54, 1.807) is 16.0 Å². The molecule has 7 heteroatoms. The minimum Gasteiger partial charge on any atom is -0.484 e. The molecule has 0 bridgehead atoms. The van der Waals surface area contributed by atoms with Gasteiger partial charge in [0.25, 0.3) is 0 Å². The van der Waals surface area contributed by atoms with Crippen LogP contribution in [0.3, 0.4) is 0 Å². The second-order valence-corrected chi connectivity index (χ2v) is 7.26. The Hall–Kier alpha value is -3.45. The number of oxazole rings is 1. The Morgan fingerprint density at radius 1 is 1.07 bits per heavy atom. The van der Waals surface area contributed by atoms with Crippen molar-refractivity contribution in [3.05, 3.63) is 77.9 Å². The third-order valence-electron chi connectivity index (χ3n) is 4.35. The summed E-state index contributed by atoms with van der Waals surface area (Å²) in [5.41, 5.74) is 3.15. The maximum Gasteiger partial charge on any atom is 0.237 e. The Morgan fingerprint density at radius 3 is 2.79 bits per heavy atom. The van der Waals surface area contributed by atoms with E-state index in [9.17, 15) is 0 Å². The van der Waals surface area contributed by atoms with Gasteiger partial charge in [0.2, 0.25) is 5.89 Å². The number of rotatable bonds is 5. The van der Waals surface area contributed by atoms with Crippen molar-refractivity contribution in [3.63, 3.8) is 0 Å². The van der Waals surface area contributed by atoms with Gasteiger partial charge in [-0.25, -0.2) is 9.67 Å². The molecule has 5 rings (SSSR count). The summed E-state index contributed by atoms with van der Waals surface area (Å²) < 4.78 is 13.5. The van der Waals surface area contributed by atoms with Crippen molar-refractivity contribution < 1.29 is 9.15 Å².